The Hall–Kier alpha value is -4.37. The van der Waals surface area contributed by atoms with Crippen LogP contribution in [0.5, 0.6) is 0 Å². The van der Waals surface area contributed by atoms with Crippen LogP contribution < -0.4 is 0 Å². The summed E-state index contributed by atoms with van der Waals surface area (Å²) in [6.45, 7) is 0.557. The molecular formula is C29H20F3N3. The number of aromatic nitrogens is 2. The highest BCUT2D eigenvalue weighted by Gasteiger charge is 2.30. The summed E-state index contributed by atoms with van der Waals surface area (Å²) in [7, 11) is 0. The summed E-state index contributed by atoms with van der Waals surface area (Å²) in [6.07, 6.45) is -1.75. The molecule has 0 saturated heterocycles. The van der Waals surface area contributed by atoms with Crippen molar-refractivity contribution in [2.45, 2.75) is 19.1 Å². The number of hydrogen-bond donors (Lipinski definition) is 0. The van der Waals surface area contributed by atoms with Gasteiger partial charge < -0.3 is 0 Å². The standard InChI is InChI=1S/C29H20F3N3/c30-29(31,32)27-3-1-2-25(16-27)24-11-8-22(9-12-24)19-35-28-13-10-23(15-26(28)18-34-35)14-20-4-6-21(17-33)7-5-20/h1-13,15-16,18H,14,19H2. The van der Waals surface area contributed by atoms with Crippen LogP contribution in [-0.4, -0.2) is 9.78 Å². The third kappa shape index (κ3) is 4.95. The second-order valence-corrected chi connectivity index (χ2v) is 8.46. The monoisotopic (exact) mass is 467 g/mol. The van der Waals surface area contributed by atoms with Gasteiger partial charge in [-0.05, 0) is 70.6 Å². The van der Waals surface area contributed by atoms with Gasteiger partial charge in [-0.25, -0.2) is 0 Å². The Morgan fingerprint density at radius 2 is 1.49 bits per heavy atom. The van der Waals surface area contributed by atoms with Gasteiger partial charge in [-0.15, -0.1) is 0 Å². The van der Waals surface area contributed by atoms with Gasteiger partial charge in [0.2, 0.25) is 0 Å². The first-order valence-electron chi connectivity index (χ1n) is 11.1. The van der Waals surface area contributed by atoms with Gasteiger partial charge in [0.25, 0.3) is 0 Å². The molecule has 0 fully saturated rings. The quantitative estimate of drug-likeness (QED) is 0.274. The molecule has 0 bridgehead atoms. The Balaban J connectivity index is 1.32. The summed E-state index contributed by atoms with van der Waals surface area (Å²) in [4.78, 5) is 0. The number of nitriles is 1. The predicted octanol–water partition coefficient (Wildman–Crippen LogP) is 7.23. The van der Waals surface area contributed by atoms with Crippen molar-refractivity contribution in [1.29, 1.82) is 5.26 Å². The summed E-state index contributed by atoms with van der Waals surface area (Å²) in [5, 5.41) is 14.5. The first-order valence-corrected chi connectivity index (χ1v) is 11.1. The molecule has 35 heavy (non-hydrogen) atoms. The molecule has 1 heterocycles. The fourth-order valence-electron chi connectivity index (χ4n) is 4.16. The highest BCUT2D eigenvalue weighted by atomic mass is 19.4. The molecule has 0 amide bonds. The summed E-state index contributed by atoms with van der Waals surface area (Å²) in [6, 6.07) is 28.8. The predicted molar refractivity (Wildman–Crippen MR) is 130 cm³/mol. The first-order chi connectivity index (χ1) is 16.9. The lowest BCUT2D eigenvalue weighted by atomic mass is 10.0. The van der Waals surface area contributed by atoms with Crippen molar-refractivity contribution in [3.8, 4) is 17.2 Å². The molecule has 0 saturated carbocycles. The zero-order chi connectivity index (χ0) is 24.4. The lowest BCUT2D eigenvalue weighted by molar-refractivity contribution is -0.137. The third-order valence-corrected chi connectivity index (χ3v) is 6.01. The van der Waals surface area contributed by atoms with Gasteiger partial charge in [0, 0.05) is 5.39 Å². The Bertz CT molecular complexity index is 1520. The highest BCUT2D eigenvalue weighted by Crippen LogP contribution is 2.32. The highest BCUT2D eigenvalue weighted by molar-refractivity contribution is 5.79. The Labute approximate surface area is 200 Å². The van der Waals surface area contributed by atoms with E-state index in [1.807, 2.05) is 59.4 Å². The number of benzene rings is 4. The molecule has 6 heteroatoms. The summed E-state index contributed by atoms with van der Waals surface area (Å²) >= 11 is 0. The summed E-state index contributed by atoms with van der Waals surface area (Å²) in [5.41, 5.74) is 5.57. The van der Waals surface area contributed by atoms with E-state index in [1.54, 1.807) is 6.07 Å². The van der Waals surface area contributed by atoms with Crippen LogP contribution >= 0.6 is 0 Å². The maximum absolute atomic E-state index is 13.0. The van der Waals surface area contributed by atoms with E-state index in [0.29, 0.717) is 17.7 Å². The molecule has 0 spiro atoms. The second-order valence-electron chi connectivity index (χ2n) is 8.46. The van der Waals surface area contributed by atoms with E-state index in [0.717, 1.165) is 45.6 Å². The molecule has 172 valence electrons. The van der Waals surface area contributed by atoms with Gasteiger partial charge in [-0.1, -0.05) is 54.6 Å². The number of rotatable bonds is 5. The summed E-state index contributed by atoms with van der Waals surface area (Å²) < 4.78 is 41.0. The number of nitrogens with zero attached hydrogens (tertiary/aromatic N) is 3. The van der Waals surface area contributed by atoms with Gasteiger partial charge >= 0.3 is 6.18 Å². The molecule has 0 radical (unpaired) electrons. The van der Waals surface area contributed by atoms with E-state index in [1.165, 1.54) is 12.1 Å². The molecule has 0 unspecified atom stereocenters. The summed E-state index contributed by atoms with van der Waals surface area (Å²) in [5.74, 6) is 0. The van der Waals surface area contributed by atoms with Crippen LogP contribution in [0.1, 0.15) is 27.8 Å². The number of hydrogen-bond acceptors (Lipinski definition) is 2. The lowest BCUT2D eigenvalue weighted by Gasteiger charge is -2.10. The molecule has 0 N–H and O–H groups in total. The van der Waals surface area contributed by atoms with Crippen molar-refractivity contribution in [2.24, 2.45) is 0 Å². The molecule has 1 aromatic heterocycles. The third-order valence-electron chi connectivity index (χ3n) is 6.01. The van der Waals surface area contributed by atoms with Crippen LogP contribution in [0.2, 0.25) is 0 Å². The molecular weight excluding hydrogens is 447 g/mol. The van der Waals surface area contributed by atoms with Crippen LogP contribution in [0.25, 0.3) is 22.0 Å². The van der Waals surface area contributed by atoms with E-state index in [2.05, 4.69) is 29.4 Å². The molecule has 5 aromatic rings. The van der Waals surface area contributed by atoms with Crippen molar-refractivity contribution in [2.75, 3.05) is 0 Å². The Kier molecular flexibility index (Phi) is 5.84. The smallest absolute Gasteiger partial charge is 0.260 e. The van der Waals surface area contributed by atoms with Gasteiger partial charge in [0.1, 0.15) is 0 Å². The topological polar surface area (TPSA) is 41.6 Å². The minimum Gasteiger partial charge on any atom is -0.260 e. The molecule has 5 rings (SSSR count). The lowest BCUT2D eigenvalue weighted by Crippen LogP contribution is -2.04. The fraction of sp³-hybridized carbons (Fsp3) is 0.103. The van der Waals surface area contributed by atoms with E-state index >= 15 is 0 Å². The molecule has 4 aromatic carbocycles. The van der Waals surface area contributed by atoms with E-state index in [-0.39, 0.29) is 0 Å². The van der Waals surface area contributed by atoms with Crippen LogP contribution in [0.15, 0.2) is 97.2 Å². The first kappa shape index (κ1) is 22.4. The van der Waals surface area contributed by atoms with Crippen molar-refractivity contribution < 1.29 is 13.2 Å². The minimum atomic E-state index is -4.36. The van der Waals surface area contributed by atoms with Crippen LogP contribution in [0, 0.1) is 11.3 Å². The van der Waals surface area contributed by atoms with Crippen molar-refractivity contribution >= 4 is 10.9 Å². The number of halogens is 3. The zero-order valence-corrected chi connectivity index (χ0v) is 18.6. The molecule has 0 aliphatic rings. The minimum absolute atomic E-state index is 0.533. The number of alkyl halides is 3. The largest absolute Gasteiger partial charge is 0.416 e. The van der Waals surface area contributed by atoms with Gasteiger partial charge in [0.15, 0.2) is 0 Å². The van der Waals surface area contributed by atoms with Gasteiger partial charge in [-0.3, -0.25) is 4.68 Å². The Morgan fingerprint density at radius 3 is 2.20 bits per heavy atom. The molecule has 0 atom stereocenters. The maximum atomic E-state index is 13.0. The van der Waals surface area contributed by atoms with Crippen LogP contribution in [0.4, 0.5) is 13.2 Å². The zero-order valence-electron chi connectivity index (χ0n) is 18.6. The fourth-order valence-corrected chi connectivity index (χ4v) is 4.16. The van der Waals surface area contributed by atoms with E-state index < -0.39 is 11.7 Å². The van der Waals surface area contributed by atoms with E-state index in [9.17, 15) is 13.2 Å². The Morgan fingerprint density at radius 1 is 0.771 bits per heavy atom. The van der Waals surface area contributed by atoms with Crippen molar-refractivity contribution in [3.05, 3.63) is 125 Å². The molecule has 3 nitrogen and oxygen atoms in total. The van der Waals surface area contributed by atoms with Crippen molar-refractivity contribution in [1.82, 2.24) is 9.78 Å². The average molecular weight is 467 g/mol. The molecule has 0 aliphatic carbocycles. The van der Waals surface area contributed by atoms with Gasteiger partial charge in [0.05, 0.1) is 35.5 Å². The van der Waals surface area contributed by atoms with Gasteiger partial charge in [-0.2, -0.15) is 23.5 Å². The van der Waals surface area contributed by atoms with Crippen LogP contribution in [0.3, 0.4) is 0 Å². The number of fused-ring (bicyclic) bond motifs is 1. The average Bonchev–Trinajstić information content (AvgIpc) is 3.26. The van der Waals surface area contributed by atoms with Crippen molar-refractivity contribution in [3.63, 3.8) is 0 Å². The van der Waals surface area contributed by atoms with Crippen LogP contribution in [-0.2, 0) is 19.1 Å². The van der Waals surface area contributed by atoms with E-state index in [4.69, 9.17) is 5.26 Å². The molecule has 0 aliphatic heterocycles. The SMILES string of the molecule is N#Cc1ccc(Cc2ccc3c(cnn3Cc3ccc(-c4cccc(C(F)(F)F)c4)cc3)c2)cc1. The second kappa shape index (κ2) is 9.11. The maximum Gasteiger partial charge on any atom is 0.416 e. The normalized spacial score (nSPS) is 11.5.